The molecule has 6 heteroatoms. The summed E-state index contributed by atoms with van der Waals surface area (Å²) in [4.78, 5) is 19.7. The van der Waals surface area contributed by atoms with E-state index in [1.165, 1.54) is 43.2 Å². The monoisotopic (exact) mass is 727 g/mol. The maximum absolute atomic E-state index is 9.24. The first-order valence-corrected chi connectivity index (χ1v) is 19.8. The van der Waals surface area contributed by atoms with Crippen LogP contribution < -0.4 is 0 Å². The number of furan rings is 1. The van der Waals surface area contributed by atoms with Crippen molar-refractivity contribution in [2.75, 3.05) is 0 Å². The number of nitriles is 1. The number of pyridine rings is 1. The fourth-order valence-corrected chi connectivity index (χ4v) is 10.00. The lowest BCUT2D eigenvalue weighted by atomic mass is 9.54. The van der Waals surface area contributed by atoms with Crippen LogP contribution in [0.15, 0.2) is 138 Å². The molecule has 2 fully saturated rings. The largest absolute Gasteiger partial charge is 0.437 e. The van der Waals surface area contributed by atoms with Crippen LogP contribution in [0.3, 0.4) is 0 Å². The Balaban J connectivity index is 1.01. The van der Waals surface area contributed by atoms with E-state index in [0.717, 1.165) is 61.9 Å². The number of para-hydroxylation sites is 1. The summed E-state index contributed by atoms with van der Waals surface area (Å²) < 4.78 is 6.32. The average molecular weight is 728 g/mol. The second-order valence-electron chi connectivity index (χ2n) is 16.3. The Kier molecular flexibility index (Phi) is 8.33. The van der Waals surface area contributed by atoms with Crippen molar-refractivity contribution in [3.63, 3.8) is 0 Å². The zero-order valence-electron chi connectivity index (χ0n) is 31.6. The molecule has 10 rings (SSSR count). The van der Waals surface area contributed by atoms with Gasteiger partial charge in [0.1, 0.15) is 5.58 Å². The third kappa shape index (κ3) is 6.14. The topological polar surface area (TPSA) is 88.5 Å². The minimum Gasteiger partial charge on any atom is -0.437 e. The standard InChI is InChI=1S/C50H41N5O/c1-31-25-34-26-32(2)28-50(27-31,29-34)41-22-20-38(21-23-41)37-14-18-40(19-15-37)47-53-46(39-16-12-36(13-17-39)35-10-8-33(30-51)9-11-35)54-48(55-47)44-6-3-5-42-43-7-4-24-52-49(43)56-45(42)44/h3-24,31-32,34H,25-29H2,1-2H3/t31-,32+,34?,50?. The highest BCUT2D eigenvalue weighted by atomic mass is 16.3. The smallest absolute Gasteiger partial charge is 0.227 e. The van der Waals surface area contributed by atoms with Gasteiger partial charge >= 0.3 is 0 Å². The molecule has 0 aliphatic heterocycles. The summed E-state index contributed by atoms with van der Waals surface area (Å²) in [5, 5.41) is 11.2. The van der Waals surface area contributed by atoms with E-state index in [1.54, 1.807) is 6.20 Å². The summed E-state index contributed by atoms with van der Waals surface area (Å²) in [5.41, 5.74) is 10.8. The van der Waals surface area contributed by atoms with Crippen LogP contribution in [0.1, 0.15) is 57.1 Å². The number of fused-ring (bicyclic) bond motifs is 5. The Hall–Kier alpha value is -6.45. The molecule has 8 aromatic rings. The highest BCUT2D eigenvalue weighted by Crippen LogP contribution is 2.54. The number of aromatic nitrogens is 4. The van der Waals surface area contributed by atoms with Crippen LogP contribution >= 0.6 is 0 Å². The van der Waals surface area contributed by atoms with E-state index < -0.39 is 0 Å². The number of hydrogen-bond donors (Lipinski definition) is 0. The van der Waals surface area contributed by atoms with Crippen LogP contribution in [0.4, 0.5) is 0 Å². The van der Waals surface area contributed by atoms with Crippen LogP contribution in [-0.2, 0) is 5.41 Å². The molecule has 56 heavy (non-hydrogen) atoms. The van der Waals surface area contributed by atoms with E-state index in [4.69, 9.17) is 19.4 Å². The Morgan fingerprint density at radius 3 is 1.68 bits per heavy atom. The summed E-state index contributed by atoms with van der Waals surface area (Å²) in [7, 11) is 0. The van der Waals surface area contributed by atoms with Gasteiger partial charge in [-0.2, -0.15) is 5.26 Å². The lowest BCUT2D eigenvalue weighted by Crippen LogP contribution is -2.42. The second-order valence-corrected chi connectivity index (χ2v) is 16.3. The first-order chi connectivity index (χ1) is 27.4. The summed E-state index contributed by atoms with van der Waals surface area (Å²) >= 11 is 0. The third-order valence-corrected chi connectivity index (χ3v) is 12.2. The molecule has 4 atom stereocenters. The fourth-order valence-electron chi connectivity index (χ4n) is 10.00. The molecular weight excluding hydrogens is 687 g/mol. The quantitative estimate of drug-likeness (QED) is 0.169. The fraction of sp³-hybridized carbons (Fsp3) is 0.220. The van der Waals surface area contributed by atoms with Crippen molar-refractivity contribution < 1.29 is 4.42 Å². The van der Waals surface area contributed by atoms with E-state index in [2.05, 4.69) is 85.6 Å². The van der Waals surface area contributed by atoms with Gasteiger partial charge in [-0.05, 0) is 113 Å². The molecule has 6 nitrogen and oxygen atoms in total. The molecule has 5 aromatic carbocycles. The molecule has 0 N–H and O–H groups in total. The molecule has 2 bridgehead atoms. The van der Waals surface area contributed by atoms with Crippen molar-refractivity contribution in [2.24, 2.45) is 17.8 Å². The van der Waals surface area contributed by atoms with E-state index in [1.807, 2.05) is 66.7 Å². The van der Waals surface area contributed by atoms with Gasteiger partial charge in [0.15, 0.2) is 17.5 Å². The average Bonchev–Trinajstić information content (AvgIpc) is 3.62. The number of nitrogens with zero attached hydrogens (tertiary/aromatic N) is 5. The van der Waals surface area contributed by atoms with E-state index in [-0.39, 0.29) is 0 Å². The van der Waals surface area contributed by atoms with E-state index >= 15 is 0 Å². The maximum atomic E-state index is 9.24. The first kappa shape index (κ1) is 34.1. The van der Waals surface area contributed by atoms with Crippen LogP contribution in [0.5, 0.6) is 0 Å². The van der Waals surface area contributed by atoms with Crippen molar-refractivity contribution in [1.82, 2.24) is 19.9 Å². The predicted molar refractivity (Wildman–Crippen MR) is 223 cm³/mol. The van der Waals surface area contributed by atoms with Crippen molar-refractivity contribution >= 4 is 22.1 Å². The molecule has 3 heterocycles. The second kappa shape index (κ2) is 13.7. The zero-order chi connectivity index (χ0) is 37.8. The molecule has 2 aliphatic rings. The summed E-state index contributed by atoms with van der Waals surface area (Å²) in [6.07, 6.45) is 8.47. The van der Waals surface area contributed by atoms with Crippen molar-refractivity contribution in [2.45, 2.75) is 51.4 Å². The Labute approximate surface area is 327 Å². The lowest BCUT2D eigenvalue weighted by molar-refractivity contribution is 0.0780. The van der Waals surface area contributed by atoms with Crippen LogP contribution in [-0.4, -0.2) is 19.9 Å². The summed E-state index contributed by atoms with van der Waals surface area (Å²) in [6, 6.07) is 46.0. The van der Waals surface area contributed by atoms with Gasteiger partial charge in [-0.1, -0.05) is 111 Å². The van der Waals surface area contributed by atoms with Crippen molar-refractivity contribution in [3.8, 4) is 62.5 Å². The normalized spacial score (nSPS) is 20.6. The molecule has 2 saturated carbocycles. The predicted octanol–water partition coefficient (Wildman–Crippen LogP) is 12.5. The van der Waals surface area contributed by atoms with Gasteiger partial charge in [-0.3, -0.25) is 0 Å². The SMILES string of the molecule is C[C@@H]1CC2C[C@H](C)CC(c3ccc(-c4ccc(-c5nc(-c6ccc(-c7ccc(C#N)cc7)cc6)nc(-c6cccc7c6oc6ncccc67)n5)cc4)cc3)(C2)C1. The molecule has 0 amide bonds. The van der Waals surface area contributed by atoms with Gasteiger partial charge in [0.25, 0.3) is 0 Å². The van der Waals surface area contributed by atoms with Gasteiger partial charge in [0.2, 0.25) is 5.71 Å². The van der Waals surface area contributed by atoms with Crippen LogP contribution in [0.25, 0.3) is 78.5 Å². The minimum atomic E-state index is 0.323. The van der Waals surface area contributed by atoms with Crippen LogP contribution in [0.2, 0.25) is 0 Å². The Bertz CT molecular complexity index is 2740. The molecule has 2 aliphatic carbocycles. The molecule has 0 spiro atoms. The molecule has 0 radical (unpaired) electrons. The lowest BCUT2D eigenvalue weighted by Gasteiger charge is -2.50. The molecule has 3 aromatic heterocycles. The summed E-state index contributed by atoms with van der Waals surface area (Å²) in [5.74, 6) is 4.13. The maximum Gasteiger partial charge on any atom is 0.227 e. The zero-order valence-corrected chi connectivity index (χ0v) is 31.6. The van der Waals surface area contributed by atoms with Gasteiger partial charge in [0.05, 0.1) is 17.2 Å². The van der Waals surface area contributed by atoms with Crippen molar-refractivity contribution in [3.05, 3.63) is 145 Å². The first-order valence-electron chi connectivity index (χ1n) is 19.8. The molecular formula is C50H41N5O. The van der Waals surface area contributed by atoms with Crippen LogP contribution in [0, 0.1) is 29.1 Å². The van der Waals surface area contributed by atoms with Gasteiger partial charge in [0, 0.05) is 28.1 Å². The Morgan fingerprint density at radius 1 is 0.571 bits per heavy atom. The van der Waals surface area contributed by atoms with Gasteiger partial charge in [-0.25, -0.2) is 19.9 Å². The van der Waals surface area contributed by atoms with Crippen molar-refractivity contribution in [1.29, 1.82) is 5.26 Å². The summed E-state index contributed by atoms with van der Waals surface area (Å²) in [6.45, 7) is 4.91. The highest BCUT2D eigenvalue weighted by Gasteiger charge is 2.45. The van der Waals surface area contributed by atoms with E-state index in [0.29, 0.717) is 39.7 Å². The van der Waals surface area contributed by atoms with E-state index in [9.17, 15) is 5.26 Å². The number of hydrogen-bond acceptors (Lipinski definition) is 6. The third-order valence-electron chi connectivity index (χ3n) is 12.2. The van der Waals surface area contributed by atoms with Gasteiger partial charge in [-0.15, -0.1) is 0 Å². The molecule has 272 valence electrons. The Morgan fingerprint density at radius 2 is 1.09 bits per heavy atom. The van der Waals surface area contributed by atoms with Gasteiger partial charge < -0.3 is 4.42 Å². The number of benzene rings is 5. The molecule has 0 saturated heterocycles. The molecule has 2 unspecified atom stereocenters. The minimum absolute atomic E-state index is 0.323. The number of rotatable bonds is 6. The highest BCUT2D eigenvalue weighted by molar-refractivity contribution is 6.08.